The number of nitrogens with one attached hydrogen (secondary N) is 2. The molecular formula is C13H24N2O. The monoisotopic (exact) mass is 224 g/mol. The van der Waals surface area contributed by atoms with Crippen molar-refractivity contribution in [3.8, 4) is 0 Å². The van der Waals surface area contributed by atoms with E-state index in [2.05, 4.69) is 24.5 Å². The van der Waals surface area contributed by atoms with Crippen molar-refractivity contribution < 1.29 is 4.79 Å². The Morgan fingerprint density at radius 3 is 2.75 bits per heavy atom. The van der Waals surface area contributed by atoms with Gasteiger partial charge in [-0.05, 0) is 31.2 Å². The molecule has 0 bridgehead atoms. The Balaban J connectivity index is 1.84. The Hall–Kier alpha value is -0.570. The summed E-state index contributed by atoms with van der Waals surface area (Å²) in [6.45, 7) is 7.02. The third-order valence-electron chi connectivity index (χ3n) is 4.28. The van der Waals surface area contributed by atoms with Crippen LogP contribution in [0.5, 0.6) is 0 Å². The van der Waals surface area contributed by atoms with E-state index in [-0.39, 0.29) is 11.3 Å². The molecule has 1 unspecified atom stereocenters. The summed E-state index contributed by atoms with van der Waals surface area (Å²) in [7, 11) is 0. The Bertz CT molecular complexity index is 253. The van der Waals surface area contributed by atoms with Crippen LogP contribution in [0.4, 0.5) is 0 Å². The second-order valence-corrected chi connectivity index (χ2v) is 5.73. The second-order valence-electron chi connectivity index (χ2n) is 5.73. The van der Waals surface area contributed by atoms with E-state index in [9.17, 15) is 4.79 Å². The van der Waals surface area contributed by atoms with Gasteiger partial charge in [-0.3, -0.25) is 4.79 Å². The maximum absolute atomic E-state index is 12.3. The Kier molecular flexibility index (Phi) is 3.53. The van der Waals surface area contributed by atoms with Crippen molar-refractivity contribution in [2.75, 3.05) is 19.6 Å². The lowest BCUT2D eigenvalue weighted by atomic mass is 9.75. The van der Waals surface area contributed by atoms with E-state index in [0.29, 0.717) is 5.92 Å². The predicted octanol–water partition coefficient (Wildman–Crippen LogP) is 1.54. The minimum absolute atomic E-state index is 0.149. The molecule has 0 spiro atoms. The summed E-state index contributed by atoms with van der Waals surface area (Å²) in [5, 5.41) is 6.47. The lowest BCUT2D eigenvalue weighted by Crippen LogP contribution is -2.46. The first-order chi connectivity index (χ1) is 7.65. The summed E-state index contributed by atoms with van der Waals surface area (Å²) in [6.07, 6.45) is 4.90. The molecule has 1 heterocycles. The van der Waals surface area contributed by atoms with E-state index < -0.39 is 0 Å². The van der Waals surface area contributed by atoms with Crippen LogP contribution in [0, 0.1) is 17.3 Å². The standard InChI is InChI=1S/C13H24N2O/c1-10(2)13(6-8-14-9-13)12(16)15-7-5-11-3-4-11/h10-11,14H,3-9H2,1-2H3,(H,15,16). The Labute approximate surface area is 98.4 Å². The molecule has 2 aliphatic rings. The van der Waals surface area contributed by atoms with Gasteiger partial charge < -0.3 is 10.6 Å². The van der Waals surface area contributed by atoms with Gasteiger partial charge >= 0.3 is 0 Å². The van der Waals surface area contributed by atoms with Crippen LogP contribution in [-0.4, -0.2) is 25.5 Å². The molecule has 3 heteroatoms. The fraction of sp³-hybridized carbons (Fsp3) is 0.923. The van der Waals surface area contributed by atoms with E-state index in [1.54, 1.807) is 0 Å². The molecule has 2 fully saturated rings. The molecule has 1 aliphatic carbocycles. The minimum Gasteiger partial charge on any atom is -0.356 e. The number of hydrogen-bond acceptors (Lipinski definition) is 2. The van der Waals surface area contributed by atoms with Crippen molar-refractivity contribution in [2.24, 2.45) is 17.3 Å². The fourth-order valence-electron chi connectivity index (χ4n) is 2.63. The number of rotatable bonds is 5. The van der Waals surface area contributed by atoms with Gasteiger partial charge in [-0.2, -0.15) is 0 Å². The van der Waals surface area contributed by atoms with Crippen molar-refractivity contribution in [1.82, 2.24) is 10.6 Å². The van der Waals surface area contributed by atoms with Crippen LogP contribution in [0.2, 0.25) is 0 Å². The van der Waals surface area contributed by atoms with E-state index in [0.717, 1.165) is 32.0 Å². The topological polar surface area (TPSA) is 41.1 Å². The lowest BCUT2D eigenvalue weighted by Gasteiger charge is -2.31. The van der Waals surface area contributed by atoms with Gasteiger partial charge in [0.2, 0.25) is 5.91 Å². The summed E-state index contributed by atoms with van der Waals surface area (Å²) in [4.78, 5) is 12.3. The third-order valence-corrected chi connectivity index (χ3v) is 4.28. The highest BCUT2D eigenvalue weighted by Crippen LogP contribution is 2.35. The van der Waals surface area contributed by atoms with E-state index in [1.165, 1.54) is 19.3 Å². The van der Waals surface area contributed by atoms with Gasteiger partial charge in [-0.1, -0.05) is 26.7 Å². The van der Waals surface area contributed by atoms with Gasteiger partial charge in [0.05, 0.1) is 5.41 Å². The summed E-state index contributed by atoms with van der Waals surface area (Å²) in [5.74, 6) is 1.59. The molecule has 0 aromatic heterocycles. The molecule has 1 saturated carbocycles. The highest BCUT2D eigenvalue weighted by molar-refractivity contribution is 5.83. The zero-order valence-corrected chi connectivity index (χ0v) is 10.5. The summed E-state index contributed by atoms with van der Waals surface area (Å²) in [6, 6.07) is 0. The van der Waals surface area contributed by atoms with Crippen molar-refractivity contribution in [3.05, 3.63) is 0 Å². The van der Waals surface area contributed by atoms with Crippen LogP contribution in [0.3, 0.4) is 0 Å². The lowest BCUT2D eigenvalue weighted by molar-refractivity contribution is -0.132. The highest BCUT2D eigenvalue weighted by atomic mass is 16.2. The van der Waals surface area contributed by atoms with Gasteiger partial charge in [0, 0.05) is 13.1 Å². The first kappa shape index (κ1) is 11.9. The zero-order chi connectivity index (χ0) is 11.6. The zero-order valence-electron chi connectivity index (χ0n) is 10.5. The maximum Gasteiger partial charge on any atom is 0.227 e. The smallest absolute Gasteiger partial charge is 0.227 e. The SMILES string of the molecule is CC(C)C1(C(=O)NCCC2CC2)CCNC1. The number of carbonyl (C=O) groups excluding carboxylic acids is 1. The van der Waals surface area contributed by atoms with Crippen LogP contribution in [0.1, 0.15) is 39.5 Å². The second kappa shape index (κ2) is 4.74. The first-order valence-corrected chi connectivity index (χ1v) is 6.64. The van der Waals surface area contributed by atoms with E-state index >= 15 is 0 Å². The molecular weight excluding hydrogens is 200 g/mol. The van der Waals surface area contributed by atoms with Crippen LogP contribution in [0.25, 0.3) is 0 Å². The number of carbonyl (C=O) groups is 1. The quantitative estimate of drug-likeness (QED) is 0.743. The maximum atomic E-state index is 12.3. The molecule has 1 aliphatic heterocycles. The Morgan fingerprint density at radius 1 is 1.50 bits per heavy atom. The van der Waals surface area contributed by atoms with Crippen molar-refractivity contribution in [1.29, 1.82) is 0 Å². The van der Waals surface area contributed by atoms with E-state index in [4.69, 9.17) is 0 Å². The number of amides is 1. The third kappa shape index (κ3) is 2.40. The van der Waals surface area contributed by atoms with Crippen molar-refractivity contribution in [3.63, 3.8) is 0 Å². The molecule has 2 rings (SSSR count). The van der Waals surface area contributed by atoms with Crippen molar-refractivity contribution in [2.45, 2.75) is 39.5 Å². The molecule has 16 heavy (non-hydrogen) atoms. The molecule has 0 aromatic rings. The molecule has 0 aromatic carbocycles. The van der Waals surface area contributed by atoms with Gasteiger partial charge in [-0.15, -0.1) is 0 Å². The van der Waals surface area contributed by atoms with Gasteiger partial charge in [0.15, 0.2) is 0 Å². The Morgan fingerprint density at radius 2 is 2.25 bits per heavy atom. The summed E-state index contributed by atoms with van der Waals surface area (Å²) >= 11 is 0. The number of hydrogen-bond donors (Lipinski definition) is 2. The van der Waals surface area contributed by atoms with Gasteiger partial charge in [0.25, 0.3) is 0 Å². The predicted molar refractivity (Wildman–Crippen MR) is 65.1 cm³/mol. The fourth-order valence-corrected chi connectivity index (χ4v) is 2.63. The summed E-state index contributed by atoms with van der Waals surface area (Å²) in [5.41, 5.74) is -0.149. The van der Waals surface area contributed by atoms with Crippen LogP contribution in [0.15, 0.2) is 0 Å². The average molecular weight is 224 g/mol. The molecule has 1 atom stereocenters. The average Bonchev–Trinajstić information content (AvgIpc) is 2.93. The summed E-state index contributed by atoms with van der Waals surface area (Å²) < 4.78 is 0. The molecule has 1 saturated heterocycles. The largest absolute Gasteiger partial charge is 0.356 e. The van der Waals surface area contributed by atoms with Crippen LogP contribution >= 0.6 is 0 Å². The van der Waals surface area contributed by atoms with Gasteiger partial charge in [-0.25, -0.2) is 0 Å². The van der Waals surface area contributed by atoms with E-state index in [1.807, 2.05) is 0 Å². The minimum atomic E-state index is -0.149. The van der Waals surface area contributed by atoms with Crippen molar-refractivity contribution >= 4 is 5.91 Å². The molecule has 1 amide bonds. The highest BCUT2D eigenvalue weighted by Gasteiger charge is 2.43. The molecule has 2 N–H and O–H groups in total. The van der Waals surface area contributed by atoms with Crippen LogP contribution in [-0.2, 0) is 4.79 Å². The molecule has 92 valence electrons. The van der Waals surface area contributed by atoms with Crippen LogP contribution < -0.4 is 10.6 Å². The molecule has 0 radical (unpaired) electrons. The first-order valence-electron chi connectivity index (χ1n) is 6.64. The molecule has 3 nitrogen and oxygen atoms in total. The van der Waals surface area contributed by atoms with Gasteiger partial charge in [0.1, 0.15) is 0 Å². The normalized spacial score (nSPS) is 29.7.